The summed E-state index contributed by atoms with van der Waals surface area (Å²) < 4.78 is 11.7. The van der Waals surface area contributed by atoms with Crippen LogP contribution in [0.15, 0.2) is 36.7 Å². The van der Waals surface area contributed by atoms with Gasteiger partial charge in [-0.1, -0.05) is 13.0 Å². The van der Waals surface area contributed by atoms with Crippen molar-refractivity contribution in [1.29, 1.82) is 5.26 Å². The molecule has 1 fully saturated rings. The Kier molecular flexibility index (Phi) is 6.40. The van der Waals surface area contributed by atoms with Gasteiger partial charge in [0.1, 0.15) is 17.6 Å². The summed E-state index contributed by atoms with van der Waals surface area (Å²) >= 11 is 0. The van der Waals surface area contributed by atoms with Crippen LogP contribution in [0.25, 0.3) is 11.3 Å². The molecule has 0 aliphatic carbocycles. The topological polar surface area (TPSA) is 112 Å². The molecule has 31 heavy (non-hydrogen) atoms. The molecule has 4 rings (SSSR count). The van der Waals surface area contributed by atoms with E-state index < -0.39 is 0 Å². The predicted molar refractivity (Wildman–Crippen MR) is 116 cm³/mol. The van der Waals surface area contributed by atoms with E-state index in [-0.39, 0.29) is 11.8 Å². The second kappa shape index (κ2) is 9.55. The Morgan fingerprint density at radius 3 is 2.87 bits per heavy atom. The fourth-order valence-corrected chi connectivity index (χ4v) is 3.59. The second-order valence-corrected chi connectivity index (χ2v) is 7.34. The first-order chi connectivity index (χ1) is 15.2. The summed E-state index contributed by atoms with van der Waals surface area (Å²) in [5.74, 6) is 1.84. The summed E-state index contributed by atoms with van der Waals surface area (Å²) in [5, 5.41) is 19.2. The number of nitrogens with zero attached hydrogens (tertiary/aromatic N) is 5. The molecule has 2 N–H and O–H groups in total. The number of aromatic amines is 1. The van der Waals surface area contributed by atoms with Gasteiger partial charge in [-0.2, -0.15) is 10.4 Å². The number of aromatic nitrogens is 4. The van der Waals surface area contributed by atoms with Gasteiger partial charge in [-0.3, -0.25) is 5.10 Å². The maximum Gasteiger partial charge on any atom is 0.158 e. The number of hydrogen-bond acceptors (Lipinski definition) is 8. The number of likely N-dealkylation sites (tertiary alicyclic amines) is 1. The van der Waals surface area contributed by atoms with E-state index in [9.17, 15) is 0 Å². The molecule has 2 aromatic heterocycles. The maximum atomic E-state index is 8.81. The molecule has 0 radical (unpaired) electrons. The predicted octanol–water partition coefficient (Wildman–Crippen LogP) is 3.10. The number of nitriles is 1. The van der Waals surface area contributed by atoms with E-state index in [0.29, 0.717) is 18.2 Å². The molecule has 0 saturated carbocycles. The molecule has 0 bridgehead atoms. The van der Waals surface area contributed by atoms with E-state index in [1.807, 2.05) is 30.3 Å². The monoisotopic (exact) mass is 419 g/mol. The van der Waals surface area contributed by atoms with Crippen LogP contribution in [-0.4, -0.2) is 57.9 Å². The Bertz CT molecular complexity index is 1060. The first-order valence-electron chi connectivity index (χ1n) is 10.2. The first-order valence-corrected chi connectivity index (χ1v) is 10.2. The normalized spacial score (nSPS) is 16.2. The lowest BCUT2D eigenvalue weighted by atomic mass is 10.1. The van der Waals surface area contributed by atoms with Crippen molar-refractivity contribution < 1.29 is 9.47 Å². The largest absolute Gasteiger partial charge is 0.496 e. The van der Waals surface area contributed by atoms with Crippen molar-refractivity contribution in [3.05, 3.63) is 47.9 Å². The highest BCUT2D eigenvalue weighted by Gasteiger charge is 2.21. The highest BCUT2D eigenvalue weighted by atomic mass is 16.5. The summed E-state index contributed by atoms with van der Waals surface area (Å²) in [6.45, 7) is 5.92. The van der Waals surface area contributed by atoms with Crippen molar-refractivity contribution in [1.82, 2.24) is 25.1 Å². The van der Waals surface area contributed by atoms with Gasteiger partial charge in [0.25, 0.3) is 0 Å². The second-order valence-electron chi connectivity index (χ2n) is 7.34. The molecule has 1 aliphatic rings. The lowest BCUT2D eigenvalue weighted by Crippen LogP contribution is -2.22. The lowest BCUT2D eigenvalue weighted by molar-refractivity contribution is 0.0470. The number of H-pyrrole nitrogens is 1. The molecule has 0 spiro atoms. The number of hydrogen-bond donors (Lipinski definition) is 2. The number of rotatable bonds is 8. The first kappa shape index (κ1) is 20.8. The number of anilines is 2. The fourth-order valence-electron chi connectivity index (χ4n) is 3.59. The Morgan fingerprint density at radius 2 is 2.16 bits per heavy atom. The van der Waals surface area contributed by atoms with Crippen LogP contribution in [0.3, 0.4) is 0 Å². The number of methoxy groups -OCH3 is 1. The van der Waals surface area contributed by atoms with Crippen molar-refractivity contribution >= 4 is 11.6 Å². The smallest absolute Gasteiger partial charge is 0.158 e. The average molecular weight is 419 g/mol. The van der Waals surface area contributed by atoms with Crippen molar-refractivity contribution in [2.75, 3.05) is 32.1 Å². The lowest BCUT2D eigenvalue weighted by Gasteiger charge is -2.15. The van der Waals surface area contributed by atoms with Gasteiger partial charge in [0, 0.05) is 24.7 Å². The molecule has 3 heterocycles. The molecule has 0 amide bonds. The summed E-state index contributed by atoms with van der Waals surface area (Å²) in [6.07, 6.45) is 4.27. The van der Waals surface area contributed by atoms with Gasteiger partial charge < -0.3 is 19.7 Å². The minimum atomic E-state index is 0.262. The Balaban J connectivity index is 1.42. The van der Waals surface area contributed by atoms with Crippen LogP contribution in [0.4, 0.5) is 11.6 Å². The van der Waals surface area contributed by atoms with E-state index in [1.165, 1.54) is 12.4 Å². The molecule has 1 atom stereocenters. The van der Waals surface area contributed by atoms with E-state index in [0.717, 1.165) is 48.6 Å². The minimum Gasteiger partial charge on any atom is -0.496 e. The van der Waals surface area contributed by atoms with Gasteiger partial charge in [-0.25, -0.2) is 9.97 Å². The summed E-state index contributed by atoms with van der Waals surface area (Å²) in [5.41, 5.74) is 3.04. The third-order valence-corrected chi connectivity index (χ3v) is 5.32. The molecule has 9 heteroatoms. The quantitative estimate of drug-likeness (QED) is 0.573. The molecular weight excluding hydrogens is 394 g/mol. The molecule has 160 valence electrons. The maximum absolute atomic E-state index is 8.81. The zero-order valence-electron chi connectivity index (χ0n) is 17.6. The van der Waals surface area contributed by atoms with Crippen LogP contribution in [-0.2, 0) is 11.3 Å². The molecular formula is C22H25N7O2. The summed E-state index contributed by atoms with van der Waals surface area (Å²) in [6, 6.07) is 9.86. The SMILES string of the molecule is CCN1CC[C@H](OCc2ccc(-c3cc(Nc4cnc(C#N)cn4)n[nH]3)c(OC)c2)C1. The van der Waals surface area contributed by atoms with Gasteiger partial charge in [0.05, 0.1) is 37.9 Å². The van der Waals surface area contributed by atoms with Crippen LogP contribution in [0, 0.1) is 11.3 Å². The van der Waals surface area contributed by atoms with Crippen LogP contribution < -0.4 is 10.1 Å². The Morgan fingerprint density at radius 1 is 1.26 bits per heavy atom. The third-order valence-electron chi connectivity index (χ3n) is 5.32. The van der Waals surface area contributed by atoms with Crippen LogP contribution in [0.2, 0.25) is 0 Å². The zero-order valence-corrected chi connectivity index (χ0v) is 17.6. The van der Waals surface area contributed by atoms with Gasteiger partial charge in [0.15, 0.2) is 11.5 Å². The van der Waals surface area contributed by atoms with Gasteiger partial charge in [-0.05, 0) is 30.7 Å². The van der Waals surface area contributed by atoms with Crippen LogP contribution in [0.5, 0.6) is 5.75 Å². The molecule has 3 aromatic rings. The molecule has 9 nitrogen and oxygen atoms in total. The van der Waals surface area contributed by atoms with E-state index in [4.69, 9.17) is 14.7 Å². The zero-order chi connectivity index (χ0) is 21.6. The molecule has 1 saturated heterocycles. The number of nitrogens with one attached hydrogen (secondary N) is 2. The molecule has 0 unspecified atom stereocenters. The third kappa shape index (κ3) is 4.99. The molecule has 1 aliphatic heterocycles. The van der Waals surface area contributed by atoms with Crippen LogP contribution in [0.1, 0.15) is 24.6 Å². The standard InChI is InChI=1S/C22H25N7O2/c1-3-29-7-6-17(13-29)31-14-15-4-5-18(20(8-15)30-2)19-9-21(28-27-19)26-22-12-24-16(10-23)11-25-22/h4-5,8-9,11-12,17H,3,6-7,13-14H2,1-2H3,(H2,25,26,27,28)/t17-/m0/s1. The fraction of sp³-hybridized carbons (Fsp3) is 0.364. The van der Waals surface area contributed by atoms with Crippen molar-refractivity contribution in [3.8, 4) is 23.1 Å². The van der Waals surface area contributed by atoms with Crippen LogP contribution >= 0.6 is 0 Å². The highest BCUT2D eigenvalue weighted by Crippen LogP contribution is 2.31. The van der Waals surface area contributed by atoms with Crippen molar-refractivity contribution in [2.24, 2.45) is 0 Å². The van der Waals surface area contributed by atoms with Crippen molar-refractivity contribution in [2.45, 2.75) is 26.1 Å². The Labute approximate surface area is 181 Å². The summed E-state index contributed by atoms with van der Waals surface area (Å²) in [4.78, 5) is 10.5. The minimum absolute atomic E-state index is 0.262. The summed E-state index contributed by atoms with van der Waals surface area (Å²) in [7, 11) is 1.65. The Hall–Kier alpha value is -3.48. The highest BCUT2D eigenvalue weighted by molar-refractivity contribution is 5.71. The van der Waals surface area contributed by atoms with Gasteiger partial charge >= 0.3 is 0 Å². The average Bonchev–Trinajstić information content (AvgIpc) is 3.47. The van der Waals surface area contributed by atoms with Gasteiger partial charge in [-0.15, -0.1) is 0 Å². The number of likely N-dealkylation sites (N-methyl/N-ethyl adjacent to an activating group) is 1. The van der Waals surface area contributed by atoms with Crippen molar-refractivity contribution in [3.63, 3.8) is 0 Å². The van der Waals surface area contributed by atoms with Gasteiger partial charge in [0.2, 0.25) is 0 Å². The number of ether oxygens (including phenoxy) is 2. The molecule has 1 aromatic carbocycles. The van der Waals surface area contributed by atoms with E-state index in [2.05, 4.69) is 37.3 Å². The number of benzene rings is 1. The van der Waals surface area contributed by atoms with E-state index in [1.54, 1.807) is 7.11 Å². The van der Waals surface area contributed by atoms with E-state index >= 15 is 0 Å².